The molecule has 0 saturated heterocycles. The Morgan fingerprint density at radius 1 is 1.35 bits per heavy atom. The average Bonchev–Trinajstić information content (AvgIpc) is 2.43. The fraction of sp³-hybridized carbons (Fsp3) is 0.417. The zero-order chi connectivity index (χ0) is 15.3. The number of esters is 1. The minimum atomic E-state index is -3.70. The fourth-order valence-corrected chi connectivity index (χ4v) is 2.73. The molecule has 0 amide bonds. The Kier molecular flexibility index (Phi) is 5.34. The van der Waals surface area contributed by atoms with E-state index in [1.807, 2.05) is 0 Å². The summed E-state index contributed by atoms with van der Waals surface area (Å²) in [6.07, 6.45) is -0.0160. The Balaban J connectivity index is 2.92. The number of carbonyl (C=O) groups excluding carboxylic acids is 1. The lowest BCUT2D eigenvalue weighted by molar-refractivity contribution is -0.140. The van der Waals surface area contributed by atoms with Crippen LogP contribution in [0.4, 0.5) is 5.69 Å². The molecule has 0 unspecified atom stereocenters. The van der Waals surface area contributed by atoms with E-state index < -0.39 is 16.0 Å². The third-order valence-electron chi connectivity index (χ3n) is 2.77. The van der Waals surface area contributed by atoms with Gasteiger partial charge in [0.1, 0.15) is 5.75 Å². The van der Waals surface area contributed by atoms with Crippen LogP contribution in [0.15, 0.2) is 23.1 Å². The zero-order valence-electron chi connectivity index (χ0n) is 11.6. The maximum atomic E-state index is 12.3. The van der Waals surface area contributed by atoms with Gasteiger partial charge in [0.25, 0.3) is 0 Å². The number of rotatable bonds is 6. The van der Waals surface area contributed by atoms with Crippen LogP contribution in [0.3, 0.4) is 0 Å². The number of methoxy groups -OCH3 is 2. The lowest BCUT2D eigenvalue weighted by atomic mass is 10.3. The van der Waals surface area contributed by atoms with Gasteiger partial charge in [-0.25, -0.2) is 12.7 Å². The molecule has 1 aromatic carbocycles. The van der Waals surface area contributed by atoms with Gasteiger partial charge in [0.05, 0.1) is 31.2 Å². The van der Waals surface area contributed by atoms with E-state index in [1.165, 1.54) is 39.5 Å². The SMILES string of the molecule is COC(=O)CCN(C)S(=O)(=O)c1ccc(OC)c(N)c1. The molecule has 2 N–H and O–H groups in total. The number of nitrogen functional groups attached to an aromatic ring is 1. The number of anilines is 1. The molecule has 0 aliphatic carbocycles. The molecule has 0 spiro atoms. The second kappa shape index (κ2) is 6.58. The standard InChI is InChI=1S/C12H18N2O5S/c1-14(7-6-12(15)19-3)20(16,17)9-4-5-11(18-2)10(13)8-9/h4-5,8H,6-7,13H2,1-3H3. The summed E-state index contributed by atoms with van der Waals surface area (Å²) in [6, 6.07) is 4.21. The van der Waals surface area contributed by atoms with Crippen molar-refractivity contribution in [3.8, 4) is 5.75 Å². The van der Waals surface area contributed by atoms with Gasteiger partial charge in [0, 0.05) is 13.6 Å². The van der Waals surface area contributed by atoms with Gasteiger partial charge in [0.2, 0.25) is 10.0 Å². The first-order valence-electron chi connectivity index (χ1n) is 5.79. The van der Waals surface area contributed by atoms with E-state index in [1.54, 1.807) is 0 Å². The highest BCUT2D eigenvalue weighted by atomic mass is 32.2. The number of carbonyl (C=O) groups is 1. The Morgan fingerprint density at radius 2 is 2.00 bits per heavy atom. The van der Waals surface area contributed by atoms with Gasteiger partial charge in [-0.3, -0.25) is 4.79 Å². The molecule has 1 aromatic rings. The third kappa shape index (κ3) is 3.61. The Bertz CT molecular complexity index is 586. The molecule has 0 atom stereocenters. The molecule has 0 bridgehead atoms. The first-order chi connectivity index (χ1) is 9.32. The van der Waals surface area contributed by atoms with Crippen molar-refractivity contribution in [2.75, 3.05) is 33.5 Å². The number of sulfonamides is 1. The van der Waals surface area contributed by atoms with Gasteiger partial charge >= 0.3 is 5.97 Å². The van der Waals surface area contributed by atoms with Gasteiger partial charge in [-0.2, -0.15) is 0 Å². The van der Waals surface area contributed by atoms with E-state index in [4.69, 9.17) is 10.5 Å². The summed E-state index contributed by atoms with van der Waals surface area (Å²) >= 11 is 0. The van der Waals surface area contributed by atoms with Crippen molar-refractivity contribution in [1.82, 2.24) is 4.31 Å². The number of benzene rings is 1. The van der Waals surface area contributed by atoms with Crippen LogP contribution in [0.25, 0.3) is 0 Å². The Labute approximate surface area is 118 Å². The van der Waals surface area contributed by atoms with E-state index in [2.05, 4.69) is 4.74 Å². The summed E-state index contributed by atoms with van der Waals surface area (Å²) in [7, 11) is 0.385. The minimum Gasteiger partial charge on any atom is -0.495 e. The predicted octanol–water partition coefficient (Wildman–Crippen LogP) is 0.461. The molecular weight excluding hydrogens is 284 g/mol. The minimum absolute atomic E-state index is 0.0160. The van der Waals surface area contributed by atoms with Gasteiger partial charge in [-0.1, -0.05) is 0 Å². The number of hydrogen-bond acceptors (Lipinski definition) is 6. The van der Waals surface area contributed by atoms with Gasteiger partial charge < -0.3 is 15.2 Å². The van der Waals surface area contributed by atoms with Gasteiger partial charge in [-0.15, -0.1) is 0 Å². The first-order valence-corrected chi connectivity index (χ1v) is 7.23. The van der Waals surface area contributed by atoms with Crippen molar-refractivity contribution in [1.29, 1.82) is 0 Å². The molecule has 0 aliphatic rings. The van der Waals surface area contributed by atoms with Crippen LogP contribution in [0.1, 0.15) is 6.42 Å². The lowest BCUT2D eigenvalue weighted by Crippen LogP contribution is -2.29. The predicted molar refractivity (Wildman–Crippen MR) is 73.9 cm³/mol. The smallest absolute Gasteiger partial charge is 0.306 e. The van der Waals surface area contributed by atoms with Crippen molar-refractivity contribution in [3.05, 3.63) is 18.2 Å². The van der Waals surface area contributed by atoms with Crippen molar-refractivity contribution < 1.29 is 22.7 Å². The number of nitrogens with two attached hydrogens (primary N) is 1. The second-order valence-electron chi connectivity index (χ2n) is 4.06. The lowest BCUT2D eigenvalue weighted by Gasteiger charge is -2.17. The number of hydrogen-bond donors (Lipinski definition) is 1. The van der Waals surface area contributed by atoms with Gasteiger partial charge in [0.15, 0.2) is 0 Å². The number of nitrogens with zero attached hydrogens (tertiary/aromatic N) is 1. The molecule has 0 aliphatic heterocycles. The summed E-state index contributed by atoms with van der Waals surface area (Å²) in [6.45, 7) is 0.0287. The van der Waals surface area contributed by atoms with Crippen LogP contribution < -0.4 is 10.5 Å². The van der Waals surface area contributed by atoms with Crippen LogP contribution >= 0.6 is 0 Å². The van der Waals surface area contributed by atoms with Crippen LogP contribution in [-0.4, -0.2) is 46.5 Å². The van der Waals surface area contributed by atoms with Crippen LogP contribution in [0, 0.1) is 0 Å². The quantitative estimate of drug-likeness (QED) is 0.605. The van der Waals surface area contributed by atoms with Crippen molar-refractivity contribution in [3.63, 3.8) is 0 Å². The molecule has 112 valence electrons. The maximum Gasteiger partial charge on any atom is 0.306 e. The first kappa shape index (κ1) is 16.3. The molecule has 0 heterocycles. The molecule has 7 nitrogen and oxygen atoms in total. The summed E-state index contributed by atoms with van der Waals surface area (Å²) < 4.78 is 35.0. The highest BCUT2D eigenvalue weighted by Crippen LogP contribution is 2.25. The molecule has 0 saturated carbocycles. The van der Waals surface area contributed by atoms with Crippen molar-refractivity contribution in [2.45, 2.75) is 11.3 Å². The zero-order valence-corrected chi connectivity index (χ0v) is 12.4. The molecule has 0 fully saturated rings. The highest BCUT2D eigenvalue weighted by molar-refractivity contribution is 7.89. The maximum absolute atomic E-state index is 12.3. The molecule has 20 heavy (non-hydrogen) atoms. The monoisotopic (exact) mass is 302 g/mol. The van der Waals surface area contributed by atoms with Crippen LogP contribution in [0.5, 0.6) is 5.75 Å². The largest absolute Gasteiger partial charge is 0.495 e. The van der Waals surface area contributed by atoms with E-state index in [0.717, 1.165) is 4.31 Å². The van der Waals surface area contributed by atoms with E-state index in [0.29, 0.717) is 5.75 Å². The molecular formula is C12H18N2O5S. The Morgan fingerprint density at radius 3 is 2.50 bits per heavy atom. The van der Waals surface area contributed by atoms with E-state index >= 15 is 0 Å². The van der Waals surface area contributed by atoms with Gasteiger partial charge in [-0.05, 0) is 18.2 Å². The van der Waals surface area contributed by atoms with Crippen molar-refractivity contribution >= 4 is 21.7 Å². The molecule has 0 aromatic heterocycles. The molecule has 8 heteroatoms. The van der Waals surface area contributed by atoms with E-state index in [-0.39, 0.29) is 23.5 Å². The fourth-order valence-electron chi connectivity index (χ4n) is 1.52. The molecule has 0 radical (unpaired) electrons. The average molecular weight is 302 g/mol. The van der Waals surface area contributed by atoms with Crippen molar-refractivity contribution in [2.24, 2.45) is 0 Å². The Hall–Kier alpha value is -1.80. The third-order valence-corrected chi connectivity index (χ3v) is 4.62. The summed E-state index contributed by atoms with van der Waals surface area (Å²) in [4.78, 5) is 11.1. The summed E-state index contributed by atoms with van der Waals surface area (Å²) in [5, 5.41) is 0. The highest BCUT2D eigenvalue weighted by Gasteiger charge is 2.22. The molecule has 1 rings (SSSR count). The topological polar surface area (TPSA) is 98.9 Å². The van der Waals surface area contributed by atoms with Crippen LogP contribution in [-0.2, 0) is 19.6 Å². The normalized spacial score (nSPS) is 11.4. The summed E-state index contributed by atoms with van der Waals surface area (Å²) in [5.41, 5.74) is 5.92. The summed E-state index contributed by atoms with van der Waals surface area (Å²) in [5.74, 6) is -0.0672. The van der Waals surface area contributed by atoms with E-state index in [9.17, 15) is 13.2 Å². The van der Waals surface area contributed by atoms with Crippen LogP contribution in [0.2, 0.25) is 0 Å². The number of ether oxygens (including phenoxy) is 2. The second-order valence-corrected chi connectivity index (χ2v) is 6.10.